The van der Waals surface area contributed by atoms with E-state index in [1.165, 1.54) is 42.7 Å². The monoisotopic (exact) mass is 460 g/mol. The van der Waals surface area contributed by atoms with E-state index in [2.05, 4.69) is 20.6 Å². The molecule has 1 aromatic heterocycles. The summed E-state index contributed by atoms with van der Waals surface area (Å²) in [7, 11) is 8.99. The molecule has 2 N–H and O–H groups in total. The molecule has 0 aliphatic carbocycles. The molecular formula is C22H25FN4O6. The average Bonchev–Trinajstić information content (AvgIpc) is 2.84. The van der Waals surface area contributed by atoms with Crippen LogP contribution in [0.25, 0.3) is 0 Å². The van der Waals surface area contributed by atoms with Crippen molar-refractivity contribution in [2.45, 2.75) is 0 Å². The number of rotatable bonds is 10. The van der Waals surface area contributed by atoms with Crippen LogP contribution in [0.4, 0.5) is 27.5 Å². The van der Waals surface area contributed by atoms with E-state index in [-0.39, 0.29) is 11.8 Å². The van der Waals surface area contributed by atoms with Gasteiger partial charge in [-0.1, -0.05) is 0 Å². The van der Waals surface area contributed by atoms with Crippen molar-refractivity contribution in [3.8, 4) is 34.5 Å². The van der Waals surface area contributed by atoms with Crippen LogP contribution in [0.3, 0.4) is 0 Å². The molecule has 176 valence electrons. The van der Waals surface area contributed by atoms with Gasteiger partial charge in [0, 0.05) is 17.8 Å². The minimum absolute atomic E-state index is 0.0783. The largest absolute Gasteiger partial charge is 0.493 e. The molecule has 0 bridgehead atoms. The first-order chi connectivity index (χ1) is 16.0. The van der Waals surface area contributed by atoms with Gasteiger partial charge in [-0.3, -0.25) is 0 Å². The summed E-state index contributed by atoms with van der Waals surface area (Å²) in [5, 5.41) is 5.92. The molecule has 0 spiro atoms. The Hall–Kier alpha value is -4.15. The summed E-state index contributed by atoms with van der Waals surface area (Å²) in [6, 6.07) is 6.68. The number of hydrogen-bond donors (Lipinski definition) is 2. The lowest BCUT2D eigenvalue weighted by Gasteiger charge is -2.17. The molecule has 0 saturated carbocycles. The van der Waals surface area contributed by atoms with Crippen molar-refractivity contribution < 1.29 is 32.8 Å². The molecule has 0 amide bonds. The van der Waals surface area contributed by atoms with E-state index in [1.807, 2.05) is 0 Å². The molecule has 3 rings (SSSR count). The van der Waals surface area contributed by atoms with Gasteiger partial charge in [-0.05, 0) is 12.1 Å². The minimum atomic E-state index is -0.665. The Bertz CT molecular complexity index is 1100. The maximum absolute atomic E-state index is 14.5. The zero-order chi connectivity index (χ0) is 24.0. The molecule has 10 nitrogen and oxygen atoms in total. The van der Waals surface area contributed by atoms with Crippen LogP contribution in [-0.2, 0) is 0 Å². The van der Waals surface area contributed by atoms with Crippen LogP contribution in [-0.4, -0.2) is 52.6 Å². The smallest absolute Gasteiger partial charge is 0.229 e. The Morgan fingerprint density at radius 3 is 1.85 bits per heavy atom. The third-order valence-corrected chi connectivity index (χ3v) is 4.62. The number of ether oxygens (including phenoxy) is 6. The Kier molecular flexibility index (Phi) is 7.44. The third kappa shape index (κ3) is 4.86. The van der Waals surface area contributed by atoms with Gasteiger partial charge in [-0.25, -0.2) is 9.37 Å². The van der Waals surface area contributed by atoms with Crippen molar-refractivity contribution >= 4 is 23.1 Å². The van der Waals surface area contributed by atoms with E-state index in [9.17, 15) is 4.39 Å². The van der Waals surface area contributed by atoms with Crippen molar-refractivity contribution in [3.05, 3.63) is 36.3 Å². The van der Waals surface area contributed by atoms with E-state index in [0.29, 0.717) is 45.9 Å². The summed E-state index contributed by atoms with van der Waals surface area (Å²) >= 11 is 0. The van der Waals surface area contributed by atoms with E-state index < -0.39 is 5.82 Å². The molecule has 3 aromatic rings. The Labute approximate surface area is 190 Å². The lowest BCUT2D eigenvalue weighted by molar-refractivity contribution is 0.324. The van der Waals surface area contributed by atoms with Crippen molar-refractivity contribution in [1.29, 1.82) is 0 Å². The number of nitrogens with zero attached hydrogens (tertiary/aromatic N) is 2. The number of aromatic nitrogens is 2. The van der Waals surface area contributed by atoms with Crippen LogP contribution in [0.1, 0.15) is 0 Å². The molecule has 1 heterocycles. The van der Waals surface area contributed by atoms with Crippen LogP contribution in [0.5, 0.6) is 34.5 Å². The van der Waals surface area contributed by atoms with Crippen molar-refractivity contribution in [2.75, 3.05) is 53.3 Å². The predicted octanol–water partition coefficient (Wildman–Crippen LogP) is 4.15. The maximum Gasteiger partial charge on any atom is 0.229 e. The Morgan fingerprint density at radius 2 is 1.30 bits per heavy atom. The molecular weight excluding hydrogens is 435 g/mol. The first-order valence-corrected chi connectivity index (χ1v) is 9.65. The highest BCUT2D eigenvalue weighted by Crippen LogP contribution is 2.44. The molecule has 0 unspecified atom stereocenters. The molecule has 0 atom stereocenters. The first kappa shape index (κ1) is 23.5. The molecule has 11 heteroatoms. The fourth-order valence-electron chi connectivity index (χ4n) is 3.12. The number of anilines is 4. The van der Waals surface area contributed by atoms with Crippen molar-refractivity contribution in [2.24, 2.45) is 0 Å². The SMILES string of the molecule is COc1cc(Nc2ncc(F)c(Nc3ccc(OC)c(OC)c3OC)n2)cc(OC)c1OC. The fraction of sp³-hybridized carbons (Fsp3) is 0.273. The van der Waals surface area contributed by atoms with E-state index in [1.54, 1.807) is 24.3 Å². The quantitative estimate of drug-likeness (QED) is 0.458. The van der Waals surface area contributed by atoms with Gasteiger partial charge in [0.05, 0.1) is 54.5 Å². The second-order valence-corrected chi connectivity index (χ2v) is 6.44. The second-order valence-electron chi connectivity index (χ2n) is 6.44. The summed E-state index contributed by atoms with van der Waals surface area (Å²) < 4.78 is 46.6. The zero-order valence-electron chi connectivity index (χ0n) is 19.1. The van der Waals surface area contributed by atoms with Crippen LogP contribution in [0, 0.1) is 5.82 Å². The van der Waals surface area contributed by atoms with E-state index in [4.69, 9.17) is 28.4 Å². The predicted molar refractivity (Wildman–Crippen MR) is 121 cm³/mol. The normalized spacial score (nSPS) is 10.3. The maximum atomic E-state index is 14.5. The van der Waals surface area contributed by atoms with Gasteiger partial charge >= 0.3 is 0 Å². The fourth-order valence-corrected chi connectivity index (χ4v) is 3.12. The average molecular weight is 460 g/mol. The van der Waals surface area contributed by atoms with Crippen LogP contribution < -0.4 is 39.1 Å². The summed E-state index contributed by atoms with van der Waals surface area (Å²) in [4.78, 5) is 8.25. The van der Waals surface area contributed by atoms with Crippen LogP contribution in [0.15, 0.2) is 30.5 Å². The lowest BCUT2D eigenvalue weighted by Crippen LogP contribution is -2.05. The second kappa shape index (κ2) is 10.4. The van der Waals surface area contributed by atoms with Gasteiger partial charge in [-0.15, -0.1) is 0 Å². The van der Waals surface area contributed by atoms with Gasteiger partial charge in [0.2, 0.25) is 17.4 Å². The topological polar surface area (TPSA) is 105 Å². The summed E-state index contributed by atoms with van der Waals surface area (Å²) in [6.07, 6.45) is 1.04. The summed E-state index contributed by atoms with van der Waals surface area (Å²) in [5.41, 5.74) is 0.970. The minimum Gasteiger partial charge on any atom is -0.493 e. The molecule has 2 aromatic carbocycles. The lowest BCUT2D eigenvalue weighted by atomic mass is 10.2. The zero-order valence-corrected chi connectivity index (χ0v) is 19.1. The summed E-state index contributed by atoms with van der Waals surface area (Å²) in [5.74, 6) is 1.86. The van der Waals surface area contributed by atoms with Gasteiger partial charge < -0.3 is 39.1 Å². The van der Waals surface area contributed by atoms with Crippen LogP contribution in [0.2, 0.25) is 0 Å². The highest BCUT2D eigenvalue weighted by atomic mass is 19.1. The van der Waals surface area contributed by atoms with Gasteiger partial charge in [0.15, 0.2) is 34.6 Å². The Balaban J connectivity index is 1.95. The van der Waals surface area contributed by atoms with Crippen LogP contribution >= 0.6 is 0 Å². The molecule has 0 radical (unpaired) electrons. The summed E-state index contributed by atoms with van der Waals surface area (Å²) in [6.45, 7) is 0. The van der Waals surface area contributed by atoms with Crippen molar-refractivity contribution in [3.63, 3.8) is 0 Å². The number of benzene rings is 2. The highest BCUT2D eigenvalue weighted by molar-refractivity contribution is 5.73. The molecule has 0 fully saturated rings. The Morgan fingerprint density at radius 1 is 0.697 bits per heavy atom. The van der Waals surface area contributed by atoms with E-state index in [0.717, 1.165) is 6.20 Å². The number of nitrogens with one attached hydrogen (secondary N) is 2. The standard InChI is InChI=1S/C22H25FN4O6/c1-28-15-8-7-14(18(31-4)20(15)33-6)26-21-13(23)11-24-22(27-21)25-12-9-16(29-2)19(32-5)17(10-12)30-3/h7-11H,1-6H3,(H2,24,25,26,27). The molecule has 33 heavy (non-hydrogen) atoms. The molecule has 0 aliphatic heterocycles. The van der Waals surface area contributed by atoms with Gasteiger partial charge in [0.25, 0.3) is 0 Å². The van der Waals surface area contributed by atoms with Gasteiger partial charge in [0.1, 0.15) is 0 Å². The number of hydrogen-bond acceptors (Lipinski definition) is 10. The van der Waals surface area contributed by atoms with E-state index >= 15 is 0 Å². The number of halogens is 1. The molecule has 0 aliphatic rings. The van der Waals surface area contributed by atoms with Gasteiger partial charge in [-0.2, -0.15) is 4.98 Å². The number of methoxy groups -OCH3 is 6. The highest BCUT2D eigenvalue weighted by Gasteiger charge is 2.19. The first-order valence-electron chi connectivity index (χ1n) is 9.65. The van der Waals surface area contributed by atoms with Crippen molar-refractivity contribution in [1.82, 2.24) is 9.97 Å². The third-order valence-electron chi connectivity index (χ3n) is 4.62. The molecule has 0 saturated heterocycles.